The minimum absolute atomic E-state index is 0.100. The molecule has 0 radical (unpaired) electrons. The van der Waals surface area contributed by atoms with Gasteiger partial charge < -0.3 is 15.0 Å². The second-order valence-corrected chi connectivity index (χ2v) is 7.80. The van der Waals surface area contributed by atoms with E-state index in [1.807, 2.05) is 12.1 Å². The zero-order valence-corrected chi connectivity index (χ0v) is 16.5. The van der Waals surface area contributed by atoms with Gasteiger partial charge in [0.1, 0.15) is 0 Å². The first-order valence-corrected chi connectivity index (χ1v) is 9.10. The predicted octanol–water partition coefficient (Wildman–Crippen LogP) is 2.59. The van der Waals surface area contributed by atoms with Crippen LogP contribution >= 0.6 is 0 Å². The summed E-state index contributed by atoms with van der Waals surface area (Å²) in [5.74, 6) is 0. The molecule has 142 valence electrons. The van der Waals surface area contributed by atoms with E-state index in [9.17, 15) is 4.79 Å². The highest BCUT2D eigenvalue weighted by atomic mass is 16.5. The van der Waals surface area contributed by atoms with Crippen molar-refractivity contribution in [2.24, 2.45) is 0 Å². The van der Waals surface area contributed by atoms with Gasteiger partial charge in [0.25, 0.3) is 0 Å². The number of carbonyl (C=O) groups is 1. The number of rotatable bonds is 5. The maximum absolute atomic E-state index is 12.4. The molecule has 1 aromatic rings. The Morgan fingerprint density at radius 3 is 2.42 bits per heavy atom. The Bertz CT molecular complexity index is 641. The molecule has 2 unspecified atom stereocenters. The average Bonchev–Trinajstić information content (AvgIpc) is 2.59. The molecule has 1 saturated heterocycles. The predicted molar refractivity (Wildman–Crippen MR) is 102 cm³/mol. The molecule has 1 fully saturated rings. The van der Waals surface area contributed by atoms with Crippen molar-refractivity contribution >= 4 is 6.03 Å². The van der Waals surface area contributed by atoms with Gasteiger partial charge in [0.2, 0.25) is 0 Å². The average molecular weight is 358 g/mol. The number of ether oxygens (including phenoxy) is 1. The molecule has 26 heavy (non-hydrogen) atoms. The number of nitriles is 1. The molecule has 0 saturated carbocycles. The molecule has 1 heterocycles. The Balaban J connectivity index is 1.86. The number of amides is 2. The molecule has 0 spiro atoms. The second-order valence-electron chi connectivity index (χ2n) is 7.80. The van der Waals surface area contributed by atoms with Gasteiger partial charge in [-0.15, -0.1) is 0 Å². The highest BCUT2D eigenvalue weighted by molar-refractivity contribution is 5.73. The standard InChI is InChI=1S/C20H30N4O2/c1-15-11-24(12-16(2)26-15)20(3,4)14-22-19(25)23(5)13-18-8-6-17(10-21)7-9-18/h6-9,15-16H,11-14H2,1-5H3,(H,22,25). The summed E-state index contributed by atoms with van der Waals surface area (Å²) in [4.78, 5) is 16.5. The van der Waals surface area contributed by atoms with Crippen LogP contribution in [0.4, 0.5) is 4.79 Å². The van der Waals surface area contributed by atoms with Crippen molar-refractivity contribution in [2.45, 2.75) is 52.0 Å². The zero-order chi connectivity index (χ0) is 19.3. The maximum atomic E-state index is 12.4. The molecule has 2 amide bonds. The zero-order valence-electron chi connectivity index (χ0n) is 16.5. The lowest BCUT2D eigenvalue weighted by Crippen LogP contribution is -2.59. The topological polar surface area (TPSA) is 68.6 Å². The molecule has 6 heteroatoms. The van der Waals surface area contributed by atoms with Crippen LogP contribution in [0, 0.1) is 11.3 Å². The summed E-state index contributed by atoms with van der Waals surface area (Å²) in [5.41, 5.74) is 1.48. The quantitative estimate of drug-likeness (QED) is 0.878. The highest BCUT2D eigenvalue weighted by Gasteiger charge is 2.33. The van der Waals surface area contributed by atoms with Gasteiger partial charge in [0.05, 0.1) is 23.8 Å². The number of nitrogens with one attached hydrogen (secondary N) is 1. The first kappa shape index (κ1) is 20.2. The number of hydrogen-bond acceptors (Lipinski definition) is 4. The summed E-state index contributed by atoms with van der Waals surface area (Å²) in [6.45, 7) is 11.3. The van der Waals surface area contributed by atoms with E-state index in [-0.39, 0.29) is 23.8 Å². The number of benzene rings is 1. The molecule has 1 aromatic carbocycles. The molecule has 0 aromatic heterocycles. The number of hydrogen-bond donors (Lipinski definition) is 1. The van der Waals surface area contributed by atoms with E-state index in [0.717, 1.165) is 18.7 Å². The summed E-state index contributed by atoms with van der Waals surface area (Å²) in [5, 5.41) is 11.9. The summed E-state index contributed by atoms with van der Waals surface area (Å²) in [6.07, 6.45) is 0.403. The first-order valence-electron chi connectivity index (χ1n) is 9.10. The highest BCUT2D eigenvalue weighted by Crippen LogP contribution is 2.20. The third-order valence-corrected chi connectivity index (χ3v) is 4.80. The molecule has 0 bridgehead atoms. The fraction of sp³-hybridized carbons (Fsp3) is 0.600. The van der Waals surface area contributed by atoms with Gasteiger partial charge in [-0.05, 0) is 45.4 Å². The van der Waals surface area contributed by atoms with Crippen molar-refractivity contribution in [1.29, 1.82) is 5.26 Å². The van der Waals surface area contributed by atoms with Gasteiger partial charge in [-0.1, -0.05) is 12.1 Å². The summed E-state index contributed by atoms with van der Waals surface area (Å²) < 4.78 is 5.80. The Morgan fingerprint density at radius 1 is 1.31 bits per heavy atom. The number of carbonyl (C=O) groups excluding carboxylic acids is 1. The lowest BCUT2D eigenvalue weighted by atomic mass is 10.00. The lowest BCUT2D eigenvalue weighted by molar-refractivity contribution is -0.0948. The Kier molecular flexibility index (Phi) is 6.63. The van der Waals surface area contributed by atoms with Crippen LogP contribution in [0.3, 0.4) is 0 Å². The van der Waals surface area contributed by atoms with Gasteiger partial charge in [-0.2, -0.15) is 5.26 Å². The molecule has 6 nitrogen and oxygen atoms in total. The van der Waals surface area contributed by atoms with Crippen molar-refractivity contribution in [3.63, 3.8) is 0 Å². The molecule has 0 aliphatic carbocycles. The SMILES string of the molecule is CC1CN(C(C)(C)CNC(=O)N(C)Cc2ccc(C#N)cc2)CC(C)O1. The van der Waals surface area contributed by atoms with E-state index < -0.39 is 0 Å². The van der Waals surface area contributed by atoms with Crippen molar-refractivity contribution < 1.29 is 9.53 Å². The first-order chi connectivity index (χ1) is 12.2. The summed E-state index contributed by atoms with van der Waals surface area (Å²) in [6, 6.07) is 9.29. The van der Waals surface area contributed by atoms with Gasteiger partial charge in [0.15, 0.2) is 0 Å². The van der Waals surface area contributed by atoms with E-state index in [2.05, 4.69) is 44.0 Å². The fourth-order valence-electron chi connectivity index (χ4n) is 3.24. The number of morpholine rings is 1. The summed E-state index contributed by atoms with van der Waals surface area (Å²) >= 11 is 0. The van der Waals surface area contributed by atoms with Gasteiger partial charge in [0, 0.05) is 38.8 Å². The van der Waals surface area contributed by atoms with E-state index >= 15 is 0 Å². The number of urea groups is 1. The molecule has 2 atom stereocenters. The van der Waals surface area contributed by atoms with Crippen LogP contribution in [-0.4, -0.2) is 60.3 Å². The monoisotopic (exact) mass is 358 g/mol. The Labute approximate surface area is 156 Å². The van der Waals surface area contributed by atoms with Gasteiger partial charge in [-0.3, -0.25) is 4.90 Å². The molecular weight excluding hydrogens is 328 g/mol. The minimum atomic E-state index is -0.142. The van der Waals surface area contributed by atoms with E-state index in [1.165, 1.54) is 0 Å². The van der Waals surface area contributed by atoms with E-state index in [4.69, 9.17) is 10.00 Å². The third-order valence-electron chi connectivity index (χ3n) is 4.80. The fourth-order valence-corrected chi connectivity index (χ4v) is 3.24. The van der Waals surface area contributed by atoms with Crippen molar-refractivity contribution in [3.05, 3.63) is 35.4 Å². The molecule has 2 rings (SSSR count). The Hall–Kier alpha value is -2.10. The maximum Gasteiger partial charge on any atom is 0.317 e. The van der Waals surface area contributed by atoms with Crippen molar-refractivity contribution in [2.75, 3.05) is 26.7 Å². The van der Waals surface area contributed by atoms with Gasteiger partial charge >= 0.3 is 6.03 Å². The Morgan fingerprint density at radius 2 is 1.88 bits per heavy atom. The van der Waals surface area contributed by atoms with E-state index in [0.29, 0.717) is 18.7 Å². The smallest absolute Gasteiger partial charge is 0.317 e. The van der Waals surface area contributed by atoms with Crippen LogP contribution in [0.5, 0.6) is 0 Å². The molecular formula is C20H30N4O2. The largest absolute Gasteiger partial charge is 0.373 e. The molecule has 1 aliphatic heterocycles. The van der Waals surface area contributed by atoms with Crippen LogP contribution < -0.4 is 5.32 Å². The van der Waals surface area contributed by atoms with E-state index in [1.54, 1.807) is 24.1 Å². The lowest BCUT2D eigenvalue weighted by Gasteiger charge is -2.45. The summed E-state index contributed by atoms with van der Waals surface area (Å²) in [7, 11) is 1.78. The number of nitrogens with zero attached hydrogens (tertiary/aromatic N) is 3. The van der Waals surface area contributed by atoms with Crippen LogP contribution in [0.1, 0.15) is 38.8 Å². The normalized spacial score (nSPS) is 21.1. The van der Waals surface area contributed by atoms with Crippen LogP contribution in [0.15, 0.2) is 24.3 Å². The molecule has 1 aliphatic rings. The minimum Gasteiger partial charge on any atom is -0.373 e. The third kappa shape index (κ3) is 5.45. The van der Waals surface area contributed by atoms with Gasteiger partial charge in [-0.25, -0.2) is 4.79 Å². The van der Waals surface area contributed by atoms with Crippen LogP contribution in [0.2, 0.25) is 0 Å². The van der Waals surface area contributed by atoms with Crippen LogP contribution in [-0.2, 0) is 11.3 Å². The molecule has 1 N–H and O–H groups in total. The second kappa shape index (κ2) is 8.52. The van der Waals surface area contributed by atoms with Crippen LogP contribution in [0.25, 0.3) is 0 Å². The van der Waals surface area contributed by atoms with Crippen molar-refractivity contribution in [1.82, 2.24) is 15.1 Å². The van der Waals surface area contributed by atoms with Crippen molar-refractivity contribution in [3.8, 4) is 6.07 Å².